The number of hydrogen-bond acceptors (Lipinski definition) is 3. The highest BCUT2D eigenvalue weighted by Gasteiger charge is 1.95. The first-order chi connectivity index (χ1) is 5.24. The fraction of sp³-hybridized carbons (Fsp3) is 0.250. The van der Waals surface area contributed by atoms with Gasteiger partial charge in [-0.3, -0.25) is 0 Å². The summed E-state index contributed by atoms with van der Waals surface area (Å²) in [7, 11) is 3.85. The molecular formula is C8H11N3. The van der Waals surface area contributed by atoms with Gasteiger partial charge in [-0.1, -0.05) is 6.07 Å². The number of hydrogen-bond donors (Lipinski definition) is 1. The van der Waals surface area contributed by atoms with E-state index in [4.69, 9.17) is 5.41 Å². The Morgan fingerprint density at radius 1 is 1.45 bits per heavy atom. The van der Waals surface area contributed by atoms with Gasteiger partial charge in [0.25, 0.3) is 0 Å². The Hall–Kier alpha value is -1.38. The minimum atomic E-state index is 0.691. The Balaban J connectivity index is 3.00. The van der Waals surface area contributed by atoms with Crippen molar-refractivity contribution in [3.05, 3.63) is 23.9 Å². The van der Waals surface area contributed by atoms with Crippen LogP contribution < -0.4 is 4.90 Å². The van der Waals surface area contributed by atoms with Crippen LogP contribution >= 0.6 is 0 Å². The summed E-state index contributed by atoms with van der Waals surface area (Å²) in [5.74, 6) is 0.881. The van der Waals surface area contributed by atoms with Crippen LogP contribution in [0, 0.1) is 5.41 Å². The van der Waals surface area contributed by atoms with E-state index in [1.165, 1.54) is 6.21 Å². The molecule has 0 atom stereocenters. The predicted octanol–water partition coefficient (Wildman–Crippen LogP) is 1.15. The number of aromatic nitrogens is 1. The van der Waals surface area contributed by atoms with Crippen molar-refractivity contribution in [2.45, 2.75) is 0 Å². The molecule has 0 aromatic carbocycles. The van der Waals surface area contributed by atoms with E-state index in [-0.39, 0.29) is 0 Å². The normalized spacial score (nSPS) is 9.27. The molecule has 0 unspecified atom stereocenters. The van der Waals surface area contributed by atoms with Crippen molar-refractivity contribution >= 4 is 12.0 Å². The lowest BCUT2D eigenvalue weighted by Gasteiger charge is -2.10. The molecule has 11 heavy (non-hydrogen) atoms. The second-order valence-electron chi connectivity index (χ2n) is 2.46. The fourth-order valence-electron chi connectivity index (χ4n) is 0.769. The summed E-state index contributed by atoms with van der Waals surface area (Å²) in [5.41, 5.74) is 0.691. The maximum Gasteiger partial charge on any atom is 0.128 e. The van der Waals surface area contributed by atoms with Gasteiger partial charge in [0.05, 0.1) is 5.69 Å². The van der Waals surface area contributed by atoms with Crippen molar-refractivity contribution in [3.8, 4) is 0 Å². The van der Waals surface area contributed by atoms with E-state index in [2.05, 4.69) is 4.98 Å². The van der Waals surface area contributed by atoms with Gasteiger partial charge in [0, 0.05) is 20.3 Å². The molecule has 0 aliphatic rings. The van der Waals surface area contributed by atoms with Gasteiger partial charge >= 0.3 is 0 Å². The summed E-state index contributed by atoms with van der Waals surface area (Å²) in [6.45, 7) is 0. The first-order valence-corrected chi connectivity index (χ1v) is 3.39. The summed E-state index contributed by atoms with van der Waals surface area (Å²) in [4.78, 5) is 6.08. The Bertz CT molecular complexity index is 255. The smallest absolute Gasteiger partial charge is 0.128 e. The first kappa shape index (κ1) is 7.72. The van der Waals surface area contributed by atoms with E-state index in [0.717, 1.165) is 5.82 Å². The van der Waals surface area contributed by atoms with Crippen LogP contribution in [0.1, 0.15) is 5.69 Å². The summed E-state index contributed by atoms with van der Waals surface area (Å²) in [5, 5.41) is 6.98. The molecule has 58 valence electrons. The zero-order valence-corrected chi connectivity index (χ0v) is 6.70. The lowest BCUT2D eigenvalue weighted by Crippen LogP contribution is -2.10. The summed E-state index contributed by atoms with van der Waals surface area (Å²) >= 11 is 0. The standard InChI is InChI=1S/C8H11N3/c1-11(2)8-5-3-4-7(6-9)10-8/h3-6,9H,1-2H3. The van der Waals surface area contributed by atoms with Gasteiger partial charge in [-0.2, -0.15) is 0 Å². The third-order valence-corrected chi connectivity index (χ3v) is 1.36. The van der Waals surface area contributed by atoms with E-state index in [9.17, 15) is 0 Å². The molecule has 0 saturated carbocycles. The highest BCUT2D eigenvalue weighted by Crippen LogP contribution is 2.05. The lowest BCUT2D eigenvalue weighted by atomic mass is 10.3. The van der Waals surface area contributed by atoms with Gasteiger partial charge in [0.2, 0.25) is 0 Å². The number of pyridine rings is 1. The molecule has 1 heterocycles. The number of nitrogens with zero attached hydrogens (tertiary/aromatic N) is 2. The van der Waals surface area contributed by atoms with Crippen molar-refractivity contribution < 1.29 is 0 Å². The topological polar surface area (TPSA) is 40.0 Å². The molecular weight excluding hydrogens is 138 g/mol. The third-order valence-electron chi connectivity index (χ3n) is 1.36. The zero-order chi connectivity index (χ0) is 8.27. The number of rotatable bonds is 2. The van der Waals surface area contributed by atoms with Crippen LogP contribution in [0.15, 0.2) is 18.2 Å². The second-order valence-corrected chi connectivity index (χ2v) is 2.46. The molecule has 1 aromatic heterocycles. The minimum Gasteiger partial charge on any atom is -0.363 e. The minimum absolute atomic E-state index is 0.691. The number of anilines is 1. The molecule has 0 spiro atoms. The van der Waals surface area contributed by atoms with Gasteiger partial charge in [-0.25, -0.2) is 4.98 Å². The largest absolute Gasteiger partial charge is 0.363 e. The molecule has 1 rings (SSSR count). The SMILES string of the molecule is CN(C)c1cccc(C=N)n1. The molecule has 1 aromatic rings. The zero-order valence-electron chi connectivity index (χ0n) is 6.70. The predicted molar refractivity (Wildman–Crippen MR) is 46.4 cm³/mol. The lowest BCUT2D eigenvalue weighted by molar-refractivity contribution is 1.06. The Kier molecular flexibility index (Phi) is 2.21. The molecule has 0 amide bonds. The van der Waals surface area contributed by atoms with Crippen molar-refractivity contribution in [1.29, 1.82) is 5.41 Å². The van der Waals surface area contributed by atoms with E-state index in [1.54, 1.807) is 6.07 Å². The van der Waals surface area contributed by atoms with Gasteiger partial charge in [-0.05, 0) is 12.1 Å². The highest BCUT2D eigenvalue weighted by molar-refractivity contribution is 5.74. The quantitative estimate of drug-likeness (QED) is 0.640. The van der Waals surface area contributed by atoms with Crippen LogP contribution in [-0.4, -0.2) is 25.3 Å². The molecule has 0 bridgehead atoms. The molecule has 0 saturated heterocycles. The van der Waals surface area contributed by atoms with Crippen molar-refractivity contribution in [1.82, 2.24) is 4.98 Å². The van der Waals surface area contributed by atoms with Crippen LogP contribution in [0.5, 0.6) is 0 Å². The van der Waals surface area contributed by atoms with E-state index < -0.39 is 0 Å². The van der Waals surface area contributed by atoms with Crippen LogP contribution in [0.2, 0.25) is 0 Å². The highest BCUT2D eigenvalue weighted by atomic mass is 15.1. The van der Waals surface area contributed by atoms with Crippen LogP contribution in [-0.2, 0) is 0 Å². The molecule has 0 aliphatic carbocycles. The summed E-state index contributed by atoms with van der Waals surface area (Å²) < 4.78 is 0. The average molecular weight is 149 g/mol. The van der Waals surface area contributed by atoms with Gasteiger partial charge in [0.15, 0.2) is 0 Å². The molecule has 0 aliphatic heterocycles. The Morgan fingerprint density at radius 2 is 2.18 bits per heavy atom. The maximum atomic E-state index is 6.98. The monoisotopic (exact) mass is 149 g/mol. The van der Waals surface area contributed by atoms with Crippen LogP contribution in [0.25, 0.3) is 0 Å². The van der Waals surface area contributed by atoms with Gasteiger partial charge < -0.3 is 10.3 Å². The van der Waals surface area contributed by atoms with Crippen molar-refractivity contribution in [2.75, 3.05) is 19.0 Å². The molecule has 0 radical (unpaired) electrons. The summed E-state index contributed by atoms with van der Waals surface area (Å²) in [6, 6.07) is 5.61. The Labute approximate surface area is 66.2 Å². The Morgan fingerprint density at radius 3 is 2.73 bits per heavy atom. The van der Waals surface area contributed by atoms with E-state index in [1.807, 2.05) is 31.1 Å². The van der Waals surface area contributed by atoms with Crippen LogP contribution in [0.3, 0.4) is 0 Å². The molecule has 3 nitrogen and oxygen atoms in total. The molecule has 0 fully saturated rings. The van der Waals surface area contributed by atoms with E-state index in [0.29, 0.717) is 5.69 Å². The summed E-state index contributed by atoms with van der Waals surface area (Å²) in [6.07, 6.45) is 1.24. The average Bonchev–Trinajstić information content (AvgIpc) is 2.05. The van der Waals surface area contributed by atoms with Crippen LogP contribution in [0.4, 0.5) is 5.82 Å². The molecule has 1 N–H and O–H groups in total. The number of nitrogens with one attached hydrogen (secondary N) is 1. The molecule has 3 heteroatoms. The fourth-order valence-corrected chi connectivity index (χ4v) is 0.769. The first-order valence-electron chi connectivity index (χ1n) is 3.39. The van der Waals surface area contributed by atoms with Crippen molar-refractivity contribution in [3.63, 3.8) is 0 Å². The third kappa shape index (κ3) is 1.77. The van der Waals surface area contributed by atoms with Gasteiger partial charge in [-0.15, -0.1) is 0 Å². The van der Waals surface area contributed by atoms with E-state index >= 15 is 0 Å². The van der Waals surface area contributed by atoms with Crippen molar-refractivity contribution in [2.24, 2.45) is 0 Å². The van der Waals surface area contributed by atoms with Gasteiger partial charge in [0.1, 0.15) is 5.82 Å². The second kappa shape index (κ2) is 3.14. The maximum absolute atomic E-state index is 6.98.